The number of nitrogens with zero attached hydrogens (tertiary/aromatic N) is 1. The van der Waals surface area contributed by atoms with Crippen molar-refractivity contribution >= 4 is 49.8 Å². The summed E-state index contributed by atoms with van der Waals surface area (Å²) in [5.41, 5.74) is 11.3. The van der Waals surface area contributed by atoms with Gasteiger partial charge in [0.2, 0.25) is 0 Å². The van der Waals surface area contributed by atoms with E-state index in [1.165, 1.54) is 38.9 Å². The van der Waals surface area contributed by atoms with E-state index in [1.807, 2.05) is 6.07 Å². The topological polar surface area (TPSA) is 28.4 Å². The Labute approximate surface area is 255 Å². The Morgan fingerprint density at radius 2 is 1.18 bits per heavy atom. The lowest BCUT2D eigenvalue weighted by Crippen LogP contribution is -2.23. The second-order valence-electron chi connectivity index (χ2n) is 11.4. The number of benzene rings is 7. The van der Waals surface area contributed by atoms with Crippen molar-refractivity contribution < 1.29 is 4.42 Å². The standard InChI is InChI=1S/C41H28N2O/c1-2-11-27(12-3-1)28-21-23-29(24-22-28)41-42-37-18-7-8-19-38(37)43(41)31-14-10-13-30(25-31)35-26-36-33-16-6-9-20-39(33)44-40(36)34-17-5-4-15-32(34)35/h1-26,41-42H. The summed E-state index contributed by atoms with van der Waals surface area (Å²) in [6.45, 7) is 0. The number of nitrogens with one attached hydrogen (secondary N) is 1. The van der Waals surface area contributed by atoms with E-state index < -0.39 is 0 Å². The molecule has 1 aliphatic rings. The number of para-hydroxylation sites is 3. The van der Waals surface area contributed by atoms with Gasteiger partial charge in [0.05, 0.1) is 11.4 Å². The van der Waals surface area contributed by atoms with Gasteiger partial charge in [0, 0.05) is 21.8 Å². The minimum atomic E-state index is -0.0375. The first-order valence-corrected chi connectivity index (χ1v) is 15.1. The van der Waals surface area contributed by atoms with Gasteiger partial charge >= 0.3 is 0 Å². The maximum Gasteiger partial charge on any atom is 0.143 e. The number of rotatable bonds is 4. The predicted molar refractivity (Wildman–Crippen MR) is 183 cm³/mol. The molecule has 0 saturated heterocycles. The lowest BCUT2D eigenvalue weighted by atomic mass is 9.95. The maximum absolute atomic E-state index is 6.38. The molecule has 0 bridgehead atoms. The van der Waals surface area contributed by atoms with Crippen LogP contribution >= 0.6 is 0 Å². The van der Waals surface area contributed by atoms with Crippen LogP contribution in [0.2, 0.25) is 0 Å². The molecule has 0 radical (unpaired) electrons. The third-order valence-electron chi connectivity index (χ3n) is 8.87. The summed E-state index contributed by atoms with van der Waals surface area (Å²) in [6.07, 6.45) is -0.0375. The van der Waals surface area contributed by atoms with Crippen molar-refractivity contribution in [2.75, 3.05) is 10.2 Å². The summed E-state index contributed by atoms with van der Waals surface area (Å²) in [5, 5.41) is 8.40. The monoisotopic (exact) mass is 564 g/mol. The van der Waals surface area contributed by atoms with E-state index in [0.717, 1.165) is 38.7 Å². The van der Waals surface area contributed by atoms with Gasteiger partial charge in [-0.15, -0.1) is 0 Å². The lowest BCUT2D eigenvalue weighted by molar-refractivity contribution is 0.672. The fraction of sp³-hybridized carbons (Fsp3) is 0.0244. The molecule has 1 aliphatic heterocycles. The van der Waals surface area contributed by atoms with Gasteiger partial charge in [0.1, 0.15) is 17.3 Å². The highest BCUT2D eigenvalue weighted by Crippen LogP contribution is 2.47. The highest BCUT2D eigenvalue weighted by molar-refractivity contribution is 6.19. The molecule has 0 amide bonds. The quantitative estimate of drug-likeness (QED) is 0.230. The van der Waals surface area contributed by atoms with Gasteiger partial charge in [-0.3, -0.25) is 0 Å². The van der Waals surface area contributed by atoms with E-state index in [9.17, 15) is 0 Å². The van der Waals surface area contributed by atoms with E-state index in [-0.39, 0.29) is 6.17 Å². The first-order valence-electron chi connectivity index (χ1n) is 15.1. The zero-order valence-electron chi connectivity index (χ0n) is 23.9. The van der Waals surface area contributed by atoms with Gasteiger partial charge in [-0.25, -0.2) is 0 Å². The van der Waals surface area contributed by atoms with E-state index in [1.54, 1.807) is 0 Å². The number of hydrogen-bond acceptors (Lipinski definition) is 3. The van der Waals surface area contributed by atoms with E-state index in [2.05, 4.69) is 162 Å². The number of hydrogen-bond donors (Lipinski definition) is 1. The van der Waals surface area contributed by atoms with Crippen molar-refractivity contribution in [3.63, 3.8) is 0 Å². The molecule has 0 aliphatic carbocycles. The Morgan fingerprint density at radius 1 is 0.500 bits per heavy atom. The minimum absolute atomic E-state index is 0.0375. The average Bonchev–Trinajstić information content (AvgIpc) is 3.68. The highest BCUT2D eigenvalue weighted by atomic mass is 16.3. The molecule has 0 saturated carbocycles. The van der Waals surface area contributed by atoms with Crippen LogP contribution in [0, 0.1) is 0 Å². The van der Waals surface area contributed by atoms with Gasteiger partial charge in [0.25, 0.3) is 0 Å². The predicted octanol–water partition coefficient (Wildman–Crippen LogP) is 11.3. The molecule has 44 heavy (non-hydrogen) atoms. The second kappa shape index (κ2) is 9.89. The molecule has 0 fully saturated rings. The van der Waals surface area contributed by atoms with Crippen molar-refractivity contribution in [2.24, 2.45) is 0 Å². The van der Waals surface area contributed by atoms with Gasteiger partial charge in [-0.05, 0) is 69.6 Å². The minimum Gasteiger partial charge on any atom is -0.455 e. The molecule has 7 aromatic carbocycles. The van der Waals surface area contributed by atoms with Crippen LogP contribution in [0.4, 0.5) is 17.1 Å². The zero-order chi connectivity index (χ0) is 29.0. The molecule has 3 nitrogen and oxygen atoms in total. The molecule has 3 heteroatoms. The Kier molecular flexibility index (Phi) is 5.57. The molecule has 2 heterocycles. The normalized spacial score (nSPS) is 14.3. The van der Waals surface area contributed by atoms with Crippen LogP contribution in [0.1, 0.15) is 11.7 Å². The second-order valence-corrected chi connectivity index (χ2v) is 11.4. The maximum atomic E-state index is 6.38. The molecule has 0 spiro atoms. The molecule has 208 valence electrons. The van der Waals surface area contributed by atoms with Crippen LogP contribution in [0.3, 0.4) is 0 Å². The summed E-state index contributed by atoms with van der Waals surface area (Å²) in [7, 11) is 0. The Hall–Kier alpha value is -5.80. The first-order chi connectivity index (χ1) is 21.8. The molecule has 8 aromatic rings. The van der Waals surface area contributed by atoms with Gasteiger partial charge < -0.3 is 14.6 Å². The molecular weight excluding hydrogens is 536 g/mol. The Morgan fingerprint density at radius 3 is 2.05 bits per heavy atom. The summed E-state index contributed by atoms with van der Waals surface area (Å²) in [5.74, 6) is 0. The van der Waals surface area contributed by atoms with Gasteiger partial charge in [-0.2, -0.15) is 0 Å². The number of anilines is 3. The molecular formula is C41H28N2O. The summed E-state index contributed by atoms with van der Waals surface area (Å²) in [6, 6.07) is 56.2. The average molecular weight is 565 g/mol. The third kappa shape index (κ3) is 3.90. The van der Waals surface area contributed by atoms with Crippen LogP contribution in [0.5, 0.6) is 0 Å². The van der Waals surface area contributed by atoms with Gasteiger partial charge in [0.15, 0.2) is 0 Å². The Balaban J connectivity index is 1.18. The van der Waals surface area contributed by atoms with Crippen molar-refractivity contribution in [3.05, 3.63) is 163 Å². The van der Waals surface area contributed by atoms with E-state index >= 15 is 0 Å². The van der Waals surface area contributed by atoms with Crippen molar-refractivity contribution in [2.45, 2.75) is 6.17 Å². The van der Waals surface area contributed by atoms with Crippen LogP contribution in [-0.4, -0.2) is 0 Å². The molecule has 1 N–H and O–H groups in total. The molecule has 1 atom stereocenters. The fourth-order valence-electron chi connectivity index (χ4n) is 6.77. The molecule has 9 rings (SSSR count). The van der Waals surface area contributed by atoms with Crippen molar-refractivity contribution in [1.29, 1.82) is 0 Å². The highest BCUT2D eigenvalue weighted by Gasteiger charge is 2.31. The largest absolute Gasteiger partial charge is 0.455 e. The molecule has 1 aromatic heterocycles. The van der Waals surface area contributed by atoms with Crippen LogP contribution in [0.25, 0.3) is 55.0 Å². The molecule has 1 unspecified atom stereocenters. The SMILES string of the molecule is c1ccc(-c2ccc(C3Nc4ccccc4N3c3cccc(-c4cc5c6ccccc6oc5c5ccccc45)c3)cc2)cc1. The van der Waals surface area contributed by atoms with E-state index in [0.29, 0.717) is 0 Å². The van der Waals surface area contributed by atoms with Crippen LogP contribution < -0.4 is 10.2 Å². The van der Waals surface area contributed by atoms with Crippen LogP contribution in [0.15, 0.2) is 162 Å². The smallest absolute Gasteiger partial charge is 0.143 e. The third-order valence-corrected chi connectivity index (χ3v) is 8.87. The summed E-state index contributed by atoms with van der Waals surface area (Å²) < 4.78 is 6.38. The lowest BCUT2D eigenvalue weighted by Gasteiger charge is -2.28. The zero-order valence-corrected chi connectivity index (χ0v) is 23.9. The number of furan rings is 1. The van der Waals surface area contributed by atoms with E-state index in [4.69, 9.17) is 4.42 Å². The first kappa shape index (κ1) is 24.8. The Bertz CT molecular complexity index is 2320. The van der Waals surface area contributed by atoms with Crippen LogP contribution in [-0.2, 0) is 0 Å². The van der Waals surface area contributed by atoms with Crippen molar-refractivity contribution in [1.82, 2.24) is 0 Å². The summed E-state index contributed by atoms with van der Waals surface area (Å²) >= 11 is 0. The summed E-state index contributed by atoms with van der Waals surface area (Å²) in [4.78, 5) is 2.42. The fourth-order valence-corrected chi connectivity index (χ4v) is 6.77. The van der Waals surface area contributed by atoms with Gasteiger partial charge in [-0.1, -0.05) is 121 Å². The van der Waals surface area contributed by atoms with Crippen molar-refractivity contribution in [3.8, 4) is 22.3 Å². The number of fused-ring (bicyclic) bond motifs is 6.